The molecule has 0 saturated heterocycles. The summed E-state index contributed by atoms with van der Waals surface area (Å²) in [7, 11) is 0. The molecule has 2 aromatic heterocycles. The van der Waals surface area contributed by atoms with Crippen molar-refractivity contribution in [2.24, 2.45) is 11.8 Å². The van der Waals surface area contributed by atoms with Crippen LogP contribution in [0.5, 0.6) is 0 Å². The van der Waals surface area contributed by atoms with Crippen LogP contribution in [0.1, 0.15) is 38.6 Å². The molecule has 1 saturated carbocycles. The molecule has 23 heavy (non-hydrogen) atoms. The third-order valence-corrected chi connectivity index (χ3v) is 4.46. The Labute approximate surface area is 133 Å². The van der Waals surface area contributed by atoms with Crippen LogP contribution in [0.15, 0.2) is 24.4 Å². The number of nitrogens with one attached hydrogen (secondary N) is 1. The van der Waals surface area contributed by atoms with Gasteiger partial charge in [0.05, 0.1) is 12.6 Å². The quantitative estimate of drug-likeness (QED) is 0.878. The van der Waals surface area contributed by atoms with Gasteiger partial charge in [-0.05, 0) is 30.9 Å². The first-order valence-corrected chi connectivity index (χ1v) is 7.83. The van der Waals surface area contributed by atoms with Crippen LogP contribution < -0.4 is 5.32 Å². The van der Waals surface area contributed by atoms with Gasteiger partial charge in [0.2, 0.25) is 5.91 Å². The van der Waals surface area contributed by atoms with E-state index in [1.165, 1.54) is 0 Å². The van der Waals surface area contributed by atoms with Crippen molar-refractivity contribution < 1.29 is 14.3 Å². The van der Waals surface area contributed by atoms with Crippen LogP contribution >= 0.6 is 0 Å². The Bertz CT molecular complexity index is 709. The molecule has 2 N–H and O–H groups in total. The van der Waals surface area contributed by atoms with E-state index >= 15 is 0 Å². The van der Waals surface area contributed by atoms with Crippen molar-refractivity contribution in [3.63, 3.8) is 0 Å². The summed E-state index contributed by atoms with van der Waals surface area (Å²) in [5.74, 6) is 0.183. The average molecular weight is 320 g/mol. The number of alkyl halides is 1. The smallest absolute Gasteiger partial charge is 0.223 e. The minimum Gasteiger partial charge on any atom is -0.393 e. The van der Waals surface area contributed by atoms with Gasteiger partial charge in [0.1, 0.15) is 5.67 Å². The van der Waals surface area contributed by atoms with Crippen LogP contribution in [-0.4, -0.2) is 37.9 Å². The number of aromatic nitrogens is 3. The molecule has 0 radical (unpaired) electrons. The molecule has 0 aromatic carbocycles. The molecule has 0 bridgehead atoms. The number of aliphatic hydroxyl groups excluding tert-OH is 1. The molecule has 1 aliphatic rings. The molecular formula is C16H21FN4O2. The number of aliphatic hydroxyl groups is 1. The number of hydrogen-bond acceptors (Lipinski definition) is 4. The van der Waals surface area contributed by atoms with E-state index in [2.05, 4.69) is 15.5 Å². The number of hydrogen-bond donors (Lipinski definition) is 2. The minimum absolute atomic E-state index is 0.0702. The van der Waals surface area contributed by atoms with E-state index < -0.39 is 18.2 Å². The number of rotatable bonds is 5. The number of carbonyl (C=O) groups is 1. The summed E-state index contributed by atoms with van der Waals surface area (Å²) < 4.78 is 15.6. The van der Waals surface area contributed by atoms with Gasteiger partial charge in [-0.1, -0.05) is 19.9 Å². The monoisotopic (exact) mass is 320 g/mol. The topological polar surface area (TPSA) is 79.5 Å². The predicted octanol–water partition coefficient (Wildman–Crippen LogP) is 1.65. The maximum absolute atomic E-state index is 13.8. The summed E-state index contributed by atoms with van der Waals surface area (Å²) in [6, 6.07) is 5.30. The van der Waals surface area contributed by atoms with E-state index in [1.54, 1.807) is 0 Å². The van der Waals surface area contributed by atoms with E-state index in [0.29, 0.717) is 11.5 Å². The Kier molecular flexibility index (Phi) is 4.06. The Morgan fingerprint density at radius 1 is 1.48 bits per heavy atom. The predicted molar refractivity (Wildman–Crippen MR) is 82.4 cm³/mol. The zero-order chi connectivity index (χ0) is 16.6. The molecular weight excluding hydrogens is 299 g/mol. The van der Waals surface area contributed by atoms with Gasteiger partial charge in [-0.15, -0.1) is 10.2 Å². The largest absolute Gasteiger partial charge is 0.393 e. The fourth-order valence-electron chi connectivity index (χ4n) is 3.01. The Hall–Kier alpha value is -2.02. The summed E-state index contributed by atoms with van der Waals surface area (Å²) >= 11 is 0. The van der Waals surface area contributed by atoms with Gasteiger partial charge in [-0.25, -0.2) is 4.39 Å². The van der Waals surface area contributed by atoms with Crippen LogP contribution in [0.4, 0.5) is 4.39 Å². The van der Waals surface area contributed by atoms with Crippen LogP contribution in [0.3, 0.4) is 0 Å². The van der Waals surface area contributed by atoms with Gasteiger partial charge in [0, 0.05) is 12.1 Å². The SMILES string of the molecule is CC(C)C(NC(=O)C1CC(F)(CO)C1)c1nnc2ccccn12. The second kappa shape index (κ2) is 5.88. The van der Waals surface area contributed by atoms with Crippen molar-refractivity contribution in [2.75, 3.05) is 6.61 Å². The van der Waals surface area contributed by atoms with Crippen LogP contribution in [0, 0.1) is 11.8 Å². The minimum atomic E-state index is -1.60. The maximum atomic E-state index is 13.8. The molecule has 1 amide bonds. The Morgan fingerprint density at radius 3 is 2.87 bits per heavy atom. The lowest BCUT2D eigenvalue weighted by atomic mass is 9.72. The van der Waals surface area contributed by atoms with Crippen molar-refractivity contribution in [3.05, 3.63) is 30.2 Å². The fourth-order valence-corrected chi connectivity index (χ4v) is 3.01. The summed E-state index contributed by atoms with van der Waals surface area (Å²) in [4.78, 5) is 12.4. The van der Waals surface area contributed by atoms with E-state index in [4.69, 9.17) is 5.11 Å². The highest BCUT2D eigenvalue weighted by molar-refractivity contribution is 5.80. The number of halogens is 1. The van der Waals surface area contributed by atoms with Gasteiger partial charge in [0.25, 0.3) is 0 Å². The Morgan fingerprint density at radius 2 is 2.22 bits per heavy atom. The third-order valence-electron chi connectivity index (χ3n) is 4.46. The average Bonchev–Trinajstić information content (AvgIpc) is 2.92. The van der Waals surface area contributed by atoms with Crippen LogP contribution in [0.25, 0.3) is 5.65 Å². The van der Waals surface area contributed by atoms with Gasteiger partial charge in [0.15, 0.2) is 11.5 Å². The highest BCUT2D eigenvalue weighted by Crippen LogP contribution is 2.41. The summed E-state index contributed by atoms with van der Waals surface area (Å²) in [5, 5.41) is 20.2. The molecule has 1 fully saturated rings. The first-order chi connectivity index (χ1) is 10.9. The lowest BCUT2D eigenvalue weighted by Gasteiger charge is -2.39. The molecule has 2 heterocycles. The van der Waals surface area contributed by atoms with Gasteiger partial charge in [-0.3, -0.25) is 9.20 Å². The number of carbonyl (C=O) groups excluding carboxylic acids is 1. The zero-order valence-corrected chi connectivity index (χ0v) is 13.2. The van der Waals surface area contributed by atoms with Gasteiger partial charge in [-0.2, -0.15) is 0 Å². The van der Waals surface area contributed by atoms with E-state index in [1.807, 2.05) is 42.6 Å². The second-order valence-electron chi connectivity index (χ2n) is 6.63. The van der Waals surface area contributed by atoms with Gasteiger partial charge >= 0.3 is 0 Å². The summed E-state index contributed by atoms with van der Waals surface area (Å²) in [6.45, 7) is 3.45. The fraction of sp³-hybridized carbons (Fsp3) is 0.562. The maximum Gasteiger partial charge on any atom is 0.223 e. The molecule has 1 unspecified atom stereocenters. The normalized spacial score (nSPS) is 25.3. The standard InChI is InChI=1S/C16H21FN4O2/c1-10(2)13(14-20-19-12-5-3-4-6-21(12)14)18-15(23)11-7-16(17,8-11)9-22/h3-6,10-11,13,22H,7-9H2,1-2H3,(H,18,23). The lowest BCUT2D eigenvalue weighted by Crippen LogP contribution is -2.50. The van der Waals surface area contributed by atoms with E-state index in [9.17, 15) is 9.18 Å². The Balaban J connectivity index is 1.77. The van der Waals surface area contributed by atoms with Gasteiger partial charge < -0.3 is 10.4 Å². The van der Waals surface area contributed by atoms with Crippen molar-refractivity contribution in [3.8, 4) is 0 Å². The van der Waals surface area contributed by atoms with E-state index in [0.717, 1.165) is 0 Å². The molecule has 1 atom stereocenters. The summed E-state index contributed by atoms with van der Waals surface area (Å²) in [6.07, 6.45) is 2.00. The van der Waals surface area contributed by atoms with Crippen molar-refractivity contribution in [2.45, 2.75) is 38.4 Å². The molecule has 0 aliphatic heterocycles. The van der Waals surface area contributed by atoms with Crippen molar-refractivity contribution in [1.82, 2.24) is 19.9 Å². The highest BCUT2D eigenvalue weighted by Gasteiger charge is 2.48. The summed E-state index contributed by atoms with van der Waals surface area (Å²) in [5.41, 5.74) is -0.884. The van der Waals surface area contributed by atoms with E-state index in [-0.39, 0.29) is 30.7 Å². The van der Waals surface area contributed by atoms with Crippen molar-refractivity contribution in [1.29, 1.82) is 0 Å². The molecule has 124 valence electrons. The number of pyridine rings is 1. The van der Waals surface area contributed by atoms with Crippen LogP contribution in [0.2, 0.25) is 0 Å². The first-order valence-electron chi connectivity index (χ1n) is 7.83. The highest BCUT2D eigenvalue weighted by atomic mass is 19.1. The number of nitrogens with zero attached hydrogens (tertiary/aromatic N) is 3. The molecule has 7 heteroatoms. The molecule has 0 spiro atoms. The number of amides is 1. The molecule has 2 aromatic rings. The lowest BCUT2D eigenvalue weighted by molar-refractivity contribution is -0.137. The third kappa shape index (κ3) is 2.93. The first kappa shape index (κ1) is 15.9. The second-order valence-corrected chi connectivity index (χ2v) is 6.63. The zero-order valence-electron chi connectivity index (χ0n) is 13.2. The van der Waals surface area contributed by atoms with Crippen LogP contribution in [-0.2, 0) is 4.79 Å². The van der Waals surface area contributed by atoms with Crippen molar-refractivity contribution >= 4 is 11.6 Å². The molecule has 6 nitrogen and oxygen atoms in total. The number of fused-ring (bicyclic) bond motifs is 1. The molecule has 3 rings (SSSR count). The molecule has 1 aliphatic carbocycles.